The van der Waals surface area contributed by atoms with Crippen LogP contribution in [0.3, 0.4) is 0 Å². The number of carbonyl (C=O) groups is 2. The lowest BCUT2D eigenvalue weighted by Crippen LogP contribution is -2.66. The van der Waals surface area contributed by atoms with E-state index in [0.29, 0.717) is 19.3 Å². The molecule has 7 fully saturated rings. The van der Waals surface area contributed by atoms with Crippen molar-refractivity contribution in [1.29, 1.82) is 0 Å². The SMILES string of the molecule is CC(C)CC(=O)O[C@@H]1[C@@H](O)[C@H](C)O[C@@H](OC(=O)[C@]23CCC(C)(C)C[C@H]2C2=CC[C@@H]4[C@@]5(C)CC[C@H](O[C@@H]6O[C@H](CO)[C@@H](O)[C@H](O)[C@H]6O[C@@H]6OC[C@@H](O)[C@H](O)[C@H]6O)C(C)(C)[C@@H]5CC[C@@]4(C)[C@]2(C)CC3)[C@@H]1O. The highest BCUT2D eigenvalue weighted by molar-refractivity contribution is 5.79. The number of fused-ring (bicyclic) bond motifs is 7. The number of hydrogen-bond acceptors (Lipinski definition) is 17. The van der Waals surface area contributed by atoms with Crippen LogP contribution in [0.5, 0.6) is 0 Å². The normalized spacial score (nSPS) is 50.4. The van der Waals surface area contributed by atoms with E-state index in [0.717, 1.165) is 44.9 Å². The molecular weight excluding hydrogens is 897 g/mol. The van der Waals surface area contributed by atoms with Gasteiger partial charge in [-0.15, -0.1) is 0 Å². The topological polar surface area (TPSA) is 261 Å². The molecule has 0 aromatic heterocycles. The molecule has 22 atom stereocenters. The summed E-state index contributed by atoms with van der Waals surface area (Å²) >= 11 is 0. The van der Waals surface area contributed by atoms with Gasteiger partial charge >= 0.3 is 11.9 Å². The zero-order valence-corrected chi connectivity index (χ0v) is 42.5. The van der Waals surface area contributed by atoms with Crippen molar-refractivity contribution in [2.45, 2.75) is 232 Å². The van der Waals surface area contributed by atoms with Crippen molar-refractivity contribution in [3.05, 3.63) is 11.6 Å². The third kappa shape index (κ3) is 8.98. The van der Waals surface area contributed by atoms with Crippen LogP contribution in [-0.4, -0.2) is 158 Å². The lowest BCUT2D eigenvalue weighted by atomic mass is 9.33. The minimum Gasteiger partial charge on any atom is -0.456 e. The molecule has 17 heteroatoms. The Hall–Kier alpha value is -1.84. The Labute approximate surface area is 407 Å². The van der Waals surface area contributed by atoms with Gasteiger partial charge in [0, 0.05) is 6.42 Å². The van der Waals surface area contributed by atoms with Crippen molar-refractivity contribution in [3.63, 3.8) is 0 Å². The van der Waals surface area contributed by atoms with E-state index in [4.69, 9.17) is 33.2 Å². The summed E-state index contributed by atoms with van der Waals surface area (Å²) in [6, 6.07) is 0. The minimum absolute atomic E-state index is 0.00989. The van der Waals surface area contributed by atoms with Gasteiger partial charge in [-0.1, -0.05) is 74.0 Å². The molecule has 69 heavy (non-hydrogen) atoms. The molecule has 17 nitrogen and oxygen atoms in total. The molecule has 3 heterocycles. The molecule has 3 aliphatic heterocycles. The lowest BCUT2D eigenvalue weighted by Gasteiger charge is -2.71. The summed E-state index contributed by atoms with van der Waals surface area (Å²) in [4.78, 5) is 27.7. The molecule has 5 aliphatic carbocycles. The number of ether oxygens (including phenoxy) is 7. The Morgan fingerprint density at radius 1 is 0.725 bits per heavy atom. The highest BCUT2D eigenvalue weighted by Gasteiger charge is 2.70. The summed E-state index contributed by atoms with van der Waals surface area (Å²) in [5.74, 6) is -0.606. The van der Waals surface area contributed by atoms with Gasteiger partial charge in [-0.25, -0.2) is 0 Å². The van der Waals surface area contributed by atoms with Crippen molar-refractivity contribution in [1.82, 2.24) is 0 Å². The highest BCUT2D eigenvalue weighted by atomic mass is 16.8. The second-order valence-electron chi connectivity index (χ2n) is 25.1. The largest absolute Gasteiger partial charge is 0.456 e. The molecule has 394 valence electrons. The molecule has 0 bridgehead atoms. The van der Waals surface area contributed by atoms with E-state index in [-0.39, 0.29) is 58.4 Å². The van der Waals surface area contributed by atoms with Crippen LogP contribution >= 0.6 is 0 Å². The summed E-state index contributed by atoms with van der Waals surface area (Å²) in [6.07, 6.45) is -9.64. The minimum atomic E-state index is -1.66. The van der Waals surface area contributed by atoms with Crippen LogP contribution in [0.4, 0.5) is 0 Å². The monoisotopic (exact) mass is 981 g/mol. The summed E-state index contributed by atoms with van der Waals surface area (Å²) in [5.41, 5.74) is -0.536. The number of aliphatic hydroxyl groups is 8. The molecule has 0 amide bonds. The summed E-state index contributed by atoms with van der Waals surface area (Å²) in [7, 11) is 0. The maximum atomic E-state index is 15.0. The van der Waals surface area contributed by atoms with Crippen LogP contribution in [0, 0.1) is 56.2 Å². The van der Waals surface area contributed by atoms with Crippen molar-refractivity contribution in [3.8, 4) is 0 Å². The van der Waals surface area contributed by atoms with Crippen LogP contribution in [0.15, 0.2) is 11.6 Å². The molecule has 8 N–H and O–H groups in total. The number of carbonyl (C=O) groups excluding carboxylic acids is 2. The van der Waals surface area contributed by atoms with Gasteiger partial charge in [0.05, 0.1) is 30.8 Å². The number of aliphatic hydroxyl groups excluding tert-OH is 8. The van der Waals surface area contributed by atoms with E-state index in [1.807, 2.05) is 13.8 Å². The standard InChI is InChI=1S/C52H84O17/c1-25(2)21-34(55)67-41-35(56)26(3)64-44(40(41)61)69-46(62)52-19-17-47(4,5)22-28(52)27-11-12-32-49(8)15-14-33(48(6,7)31(49)13-16-51(32,10)50(27,9)18-20-52)66-45-42(38(59)37(58)30(23-53)65-45)68-43-39(60)36(57)29(54)24-63-43/h11,25-26,28-33,35-45,53-54,56-61H,12-24H2,1-10H3/t26-,28-,29+,30+,31-,32+,33-,35-,36-,37+,38-,39+,40+,41+,42+,43-,44-,45-,49-,50+,51+,52-/m0/s1. The van der Waals surface area contributed by atoms with Gasteiger partial charge < -0.3 is 74.0 Å². The third-order valence-corrected chi connectivity index (χ3v) is 19.7. The van der Waals surface area contributed by atoms with Gasteiger partial charge in [0.2, 0.25) is 6.29 Å². The van der Waals surface area contributed by atoms with Gasteiger partial charge in [-0.05, 0) is 122 Å². The number of rotatable bonds is 10. The fourth-order valence-corrected chi connectivity index (χ4v) is 15.3. The first-order valence-electron chi connectivity index (χ1n) is 25.9. The number of esters is 2. The highest BCUT2D eigenvalue weighted by Crippen LogP contribution is 2.76. The Morgan fingerprint density at radius 3 is 2.10 bits per heavy atom. The van der Waals surface area contributed by atoms with Crippen LogP contribution < -0.4 is 0 Å². The fraction of sp³-hybridized carbons (Fsp3) is 0.923. The lowest BCUT2D eigenvalue weighted by molar-refractivity contribution is -0.370. The number of hydrogen-bond donors (Lipinski definition) is 8. The zero-order valence-electron chi connectivity index (χ0n) is 42.5. The molecule has 3 saturated heterocycles. The molecular formula is C52H84O17. The van der Waals surface area contributed by atoms with Crippen LogP contribution in [0.1, 0.15) is 140 Å². The summed E-state index contributed by atoms with van der Waals surface area (Å²) in [5, 5.41) is 85.9. The van der Waals surface area contributed by atoms with Gasteiger partial charge in [-0.3, -0.25) is 9.59 Å². The Balaban J connectivity index is 1.03. The maximum Gasteiger partial charge on any atom is 0.315 e. The average molecular weight is 981 g/mol. The molecule has 4 saturated carbocycles. The Bertz CT molecular complexity index is 1910. The second kappa shape index (κ2) is 19.1. The fourth-order valence-electron chi connectivity index (χ4n) is 15.3. The van der Waals surface area contributed by atoms with Gasteiger partial charge in [-0.2, -0.15) is 0 Å². The van der Waals surface area contributed by atoms with E-state index in [1.54, 1.807) is 6.92 Å². The Kier molecular flexibility index (Phi) is 14.8. The van der Waals surface area contributed by atoms with E-state index in [9.17, 15) is 50.4 Å². The van der Waals surface area contributed by atoms with Crippen LogP contribution in [0.2, 0.25) is 0 Å². The second-order valence-corrected chi connectivity index (χ2v) is 25.1. The van der Waals surface area contributed by atoms with Crippen molar-refractivity contribution in [2.24, 2.45) is 56.2 Å². The molecule has 0 spiro atoms. The maximum absolute atomic E-state index is 15.0. The first-order chi connectivity index (χ1) is 32.2. The van der Waals surface area contributed by atoms with Gasteiger partial charge in [0.25, 0.3) is 0 Å². The van der Waals surface area contributed by atoms with E-state index < -0.39 is 121 Å². The summed E-state index contributed by atoms with van der Waals surface area (Å²) < 4.78 is 42.3. The summed E-state index contributed by atoms with van der Waals surface area (Å²) in [6.45, 7) is 20.7. The predicted molar refractivity (Wildman–Crippen MR) is 246 cm³/mol. The first kappa shape index (κ1) is 53.5. The van der Waals surface area contributed by atoms with Crippen molar-refractivity contribution < 1.29 is 83.6 Å². The van der Waals surface area contributed by atoms with Crippen LogP contribution in [-0.2, 0) is 42.7 Å². The van der Waals surface area contributed by atoms with E-state index >= 15 is 0 Å². The molecule has 0 aromatic carbocycles. The van der Waals surface area contributed by atoms with Crippen molar-refractivity contribution in [2.75, 3.05) is 13.2 Å². The molecule has 0 unspecified atom stereocenters. The van der Waals surface area contributed by atoms with Crippen LogP contribution in [0.25, 0.3) is 0 Å². The third-order valence-electron chi connectivity index (χ3n) is 19.7. The number of allylic oxidation sites excluding steroid dienone is 2. The molecule has 8 rings (SSSR count). The Morgan fingerprint density at radius 2 is 1.42 bits per heavy atom. The first-order valence-corrected chi connectivity index (χ1v) is 25.9. The quantitative estimate of drug-likeness (QED) is 0.0886. The molecule has 8 aliphatic rings. The van der Waals surface area contributed by atoms with E-state index in [1.165, 1.54) is 5.57 Å². The zero-order chi connectivity index (χ0) is 50.6. The average Bonchev–Trinajstić information content (AvgIpc) is 3.27. The van der Waals surface area contributed by atoms with Crippen molar-refractivity contribution >= 4 is 11.9 Å². The van der Waals surface area contributed by atoms with E-state index in [2.05, 4.69) is 54.5 Å². The molecule has 0 radical (unpaired) electrons. The predicted octanol–water partition coefficient (Wildman–Crippen LogP) is 3.40. The van der Waals surface area contributed by atoms with Gasteiger partial charge in [0.1, 0.15) is 48.8 Å². The smallest absolute Gasteiger partial charge is 0.315 e. The van der Waals surface area contributed by atoms with Gasteiger partial charge in [0.15, 0.2) is 24.8 Å². The molecule has 0 aromatic rings.